The number of halogens is 2. The predicted molar refractivity (Wildman–Crippen MR) is 116 cm³/mol. The van der Waals surface area contributed by atoms with Crippen LogP contribution in [0.1, 0.15) is 19.8 Å². The van der Waals surface area contributed by atoms with Crippen molar-refractivity contribution in [3.05, 3.63) is 30.1 Å². The summed E-state index contributed by atoms with van der Waals surface area (Å²) in [5, 5.41) is 3.26. The first-order chi connectivity index (χ1) is 12.7. The zero-order valence-electron chi connectivity index (χ0n) is 16.2. The number of ether oxygens (including phenoxy) is 3. The molecule has 154 valence electrons. The Hall–Kier alpha value is -1.13. The number of benzene rings is 1. The molecule has 1 aromatic carbocycles. The highest BCUT2D eigenvalue weighted by molar-refractivity contribution is 14.0. The number of likely N-dealkylation sites (N-methyl/N-ethyl adjacent to an activating group) is 1. The summed E-state index contributed by atoms with van der Waals surface area (Å²) in [7, 11) is 1.96. The minimum Gasteiger partial charge on any atom is -0.492 e. The molecule has 0 aromatic heterocycles. The Morgan fingerprint density at radius 3 is 2.78 bits per heavy atom. The lowest BCUT2D eigenvalue weighted by Crippen LogP contribution is -2.41. The summed E-state index contributed by atoms with van der Waals surface area (Å²) in [4.78, 5) is 6.58. The van der Waals surface area contributed by atoms with Gasteiger partial charge in [-0.05, 0) is 44.0 Å². The van der Waals surface area contributed by atoms with Gasteiger partial charge in [0.1, 0.15) is 18.2 Å². The third-order valence-corrected chi connectivity index (χ3v) is 4.03. The van der Waals surface area contributed by atoms with Crippen molar-refractivity contribution < 1.29 is 18.6 Å². The van der Waals surface area contributed by atoms with Crippen LogP contribution in [-0.4, -0.2) is 70.1 Å². The van der Waals surface area contributed by atoms with Crippen LogP contribution >= 0.6 is 24.0 Å². The molecule has 1 aromatic rings. The van der Waals surface area contributed by atoms with Gasteiger partial charge in [0.2, 0.25) is 0 Å². The summed E-state index contributed by atoms with van der Waals surface area (Å²) >= 11 is 0. The van der Waals surface area contributed by atoms with E-state index >= 15 is 0 Å². The van der Waals surface area contributed by atoms with Crippen molar-refractivity contribution in [2.75, 3.05) is 53.1 Å². The van der Waals surface area contributed by atoms with Gasteiger partial charge in [-0.15, -0.1) is 24.0 Å². The molecular weight excluding hydrogens is 464 g/mol. The SMILES string of the molecule is CCNC(=NCCOCC1CCCO1)N(C)CCOc1ccc(F)cc1.I. The van der Waals surface area contributed by atoms with Gasteiger partial charge in [-0.1, -0.05) is 0 Å². The Balaban J connectivity index is 0.00000364. The fourth-order valence-corrected chi connectivity index (χ4v) is 2.61. The average molecular weight is 495 g/mol. The zero-order valence-corrected chi connectivity index (χ0v) is 18.5. The van der Waals surface area contributed by atoms with Crippen molar-refractivity contribution in [3.63, 3.8) is 0 Å². The minimum absolute atomic E-state index is 0. The summed E-state index contributed by atoms with van der Waals surface area (Å²) in [6, 6.07) is 6.03. The normalized spacial score (nSPS) is 16.7. The van der Waals surface area contributed by atoms with Crippen LogP contribution in [0.25, 0.3) is 0 Å². The molecule has 0 bridgehead atoms. The first kappa shape index (κ1) is 23.9. The lowest BCUT2D eigenvalue weighted by Gasteiger charge is -2.22. The number of nitrogens with one attached hydrogen (secondary N) is 1. The van der Waals surface area contributed by atoms with E-state index < -0.39 is 0 Å². The predicted octanol–water partition coefficient (Wildman–Crippen LogP) is 2.92. The second kappa shape index (κ2) is 14.0. The molecule has 0 spiro atoms. The largest absolute Gasteiger partial charge is 0.492 e. The Morgan fingerprint density at radius 2 is 2.11 bits per heavy atom. The molecule has 2 rings (SSSR count). The molecule has 8 heteroatoms. The fraction of sp³-hybridized carbons (Fsp3) is 0.632. The van der Waals surface area contributed by atoms with Crippen molar-refractivity contribution >= 4 is 29.9 Å². The van der Waals surface area contributed by atoms with Gasteiger partial charge in [0.05, 0.1) is 32.4 Å². The second-order valence-electron chi connectivity index (χ2n) is 6.17. The number of aliphatic imine (C=N–C) groups is 1. The van der Waals surface area contributed by atoms with Crippen LogP contribution in [-0.2, 0) is 9.47 Å². The van der Waals surface area contributed by atoms with Crippen molar-refractivity contribution in [1.29, 1.82) is 0 Å². The average Bonchev–Trinajstić information content (AvgIpc) is 3.15. The van der Waals surface area contributed by atoms with Crippen LogP contribution in [0.2, 0.25) is 0 Å². The quantitative estimate of drug-likeness (QED) is 0.234. The molecule has 0 saturated carbocycles. The van der Waals surface area contributed by atoms with Crippen molar-refractivity contribution in [2.45, 2.75) is 25.9 Å². The molecule has 1 aliphatic rings. The first-order valence-electron chi connectivity index (χ1n) is 9.26. The van der Waals surface area contributed by atoms with Crippen LogP contribution in [0, 0.1) is 5.82 Å². The fourth-order valence-electron chi connectivity index (χ4n) is 2.61. The molecule has 1 atom stereocenters. The van der Waals surface area contributed by atoms with E-state index in [4.69, 9.17) is 14.2 Å². The summed E-state index contributed by atoms with van der Waals surface area (Å²) in [5.41, 5.74) is 0. The van der Waals surface area contributed by atoms with Gasteiger partial charge in [-0.25, -0.2) is 4.39 Å². The molecule has 1 unspecified atom stereocenters. The van der Waals surface area contributed by atoms with Crippen LogP contribution < -0.4 is 10.1 Å². The lowest BCUT2D eigenvalue weighted by atomic mass is 10.2. The number of rotatable bonds is 10. The Morgan fingerprint density at radius 1 is 1.33 bits per heavy atom. The molecule has 6 nitrogen and oxygen atoms in total. The van der Waals surface area contributed by atoms with Crippen LogP contribution in [0.3, 0.4) is 0 Å². The summed E-state index contributed by atoms with van der Waals surface area (Å²) in [6.45, 7) is 6.65. The van der Waals surface area contributed by atoms with Gasteiger partial charge < -0.3 is 24.4 Å². The van der Waals surface area contributed by atoms with Crippen molar-refractivity contribution in [1.82, 2.24) is 10.2 Å². The van der Waals surface area contributed by atoms with Gasteiger partial charge in [-0.2, -0.15) is 0 Å². The summed E-state index contributed by atoms with van der Waals surface area (Å²) in [5.74, 6) is 1.21. The van der Waals surface area contributed by atoms with E-state index in [0.717, 1.165) is 32.0 Å². The Labute approximate surface area is 178 Å². The molecule has 1 saturated heterocycles. The highest BCUT2D eigenvalue weighted by Crippen LogP contribution is 2.12. The molecule has 27 heavy (non-hydrogen) atoms. The van der Waals surface area contributed by atoms with E-state index in [1.165, 1.54) is 12.1 Å². The Kier molecular flexibility index (Phi) is 12.4. The van der Waals surface area contributed by atoms with E-state index in [2.05, 4.69) is 10.3 Å². The van der Waals surface area contributed by atoms with E-state index in [1.54, 1.807) is 12.1 Å². The van der Waals surface area contributed by atoms with E-state index in [9.17, 15) is 4.39 Å². The number of guanidine groups is 1. The molecular formula is C19H31FIN3O3. The number of hydrogen-bond donors (Lipinski definition) is 1. The highest BCUT2D eigenvalue weighted by Gasteiger charge is 2.15. The van der Waals surface area contributed by atoms with Gasteiger partial charge in [0.25, 0.3) is 0 Å². The highest BCUT2D eigenvalue weighted by atomic mass is 127. The summed E-state index contributed by atoms with van der Waals surface area (Å²) < 4.78 is 29.7. The molecule has 1 fully saturated rings. The van der Waals surface area contributed by atoms with Gasteiger partial charge >= 0.3 is 0 Å². The van der Waals surface area contributed by atoms with Crippen molar-refractivity contribution in [2.24, 2.45) is 4.99 Å². The van der Waals surface area contributed by atoms with Gasteiger partial charge in [0, 0.05) is 20.2 Å². The van der Waals surface area contributed by atoms with E-state index in [1.807, 2.05) is 18.9 Å². The first-order valence-corrected chi connectivity index (χ1v) is 9.26. The monoisotopic (exact) mass is 495 g/mol. The number of nitrogens with zero attached hydrogens (tertiary/aromatic N) is 2. The van der Waals surface area contributed by atoms with E-state index in [-0.39, 0.29) is 35.9 Å². The van der Waals surface area contributed by atoms with Crippen LogP contribution in [0.15, 0.2) is 29.3 Å². The minimum atomic E-state index is -0.266. The smallest absolute Gasteiger partial charge is 0.193 e. The van der Waals surface area contributed by atoms with Crippen LogP contribution in [0.5, 0.6) is 5.75 Å². The number of hydrogen-bond acceptors (Lipinski definition) is 4. The van der Waals surface area contributed by atoms with Gasteiger partial charge in [0.15, 0.2) is 5.96 Å². The summed E-state index contributed by atoms with van der Waals surface area (Å²) in [6.07, 6.45) is 2.46. The third kappa shape index (κ3) is 9.57. The maximum Gasteiger partial charge on any atom is 0.193 e. The molecule has 0 amide bonds. The molecule has 1 aliphatic heterocycles. The van der Waals surface area contributed by atoms with Crippen molar-refractivity contribution in [3.8, 4) is 5.75 Å². The molecule has 0 aliphatic carbocycles. The standard InChI is InChI=1S/C19H30FN3O3.HI/c1-3-21-19(22-10-13-24-15-18-5-4-12-25-18)23(2)11-14-26-17-8-6-16(20)7-9-17;/h6-9,18H,3-5,10-15H2,1-2H3,(H,21,22);1H. The van der Waals surface area contributed by atoms with Gasteiger partial charge in [-0.3, -0.25) is 4.99 Å². The topological polar surface area (TPSA) is 55.3 Å². The Bertz CT molecular complexity index is 540. The lowest BCUT2D eigenvalue weighted by molar-refractivity contribution is 0.0199. The second-order valence-corrected chi connectivity index (χ2v) is 6.17. The van der Waals surface area contributed by atoms with Crippen LogP contribution in [0.4, 0.5) is 4.39 Å². The molecule has 0 radical (unpaired) electrons. The molecule has 1 heterocycles. The maximum absolute atomic E-state index is 12.9. The maximum atomic E-state index is 12.9. The third-order valence-electron chi connectivity index (χ3n) is 4.03. The van der Waals surface area contributed by atoms with E-state index in [0.29, 0.717) is 38.7 Å². The zero-order chi connectivity index (χ0) is 18.6. The molecule has 1 N–H and O–H groups in total.